The summed E-state index contributed by atoms with van der Waals surface area (Å²) < 4.78 is 3.67. The van der Waals surface area contributed by atoms with Gasteiger partial charge in [0.05, 0.1) is 11.9 Å². The van der Waals surface area contributed by atoms with E-state index in [1.165, 1.54) is 6.42 Å². The van der Waals surface area contributed by atoms with Gasteiger partial charge in [0.1, 0.15) is 11.7 Å². The van der Waals surface area contributed by atoms with Crippen molar-refractivity contribution in [2.45, 2.75) is 59.4 Å². The Morgan fingerprint density at radius 2 is 1.86 bits per heavy atom. The molecule has 0 aliphatic heterocycles. The molecular formula is C24H32N4O. The fourth-order valence-electron chi connectivity index (χ4n) is 4.97. The maximum Gasteiger partial charge on any atom is 0.264 e. The minimum atomic E-state index is 0.0399. The zero-order valence-corrected chi connectivity index (χ0v) is 18.0. The molecule has 3 aromatic rings. The van der Waals surface area contributed by atoms with Crippen molar-refractivity contribution in [3.8, 4) is 5.69 Å². The van der Waals surface area contributed by atoms with Crippen LogP contribution in [0.2, 0.25) is 0 Å². The summed E-state index contributed by atoms with van der Waals surface area (Å²) in [4.78, 5) is 18.1. The lowest BCUT2D eigenvalue weighted by atomic mass is 9.83. The molecule has 1 aromatic carbocycles. The van der Waals surface area contributed by atoms with Gasteiger partial charge in [0.2, 0.25) is 0 Å². The van der Waals surface area contributed by atoms with Gasteiger partial charge in [-0.15, -0.1) is 0 Å². The Balaban J connectivity index is 1.76. The number of benzene rings is 1. The molecule has 1 saturated carbocycles. The van der Waals surface area contributed by atoms with Crippen LogP contribution in [-0.2, 0) is 0 Å². The number of fused-ring (bicyclic) bond motifs is 1. The van der Waals surface area contributed by atoms with E-state index >= 15 is 0 Å². The molecule has 0 radical (unpaired) electrons. The molecule has 1 aliphatic rings. The molecule has 5 heteroatoms. The van der Waals surface area contributed by atoms with Gasteiger partial charge in [-0.1, -0.05) is 45.9 Å². The second-order valence-corrected chi connectivity index (χ2v) is 9.31. The maximum absolute atomic E-state index is 13.4. The van der Waals surface area contributed by atoms with E-state index in [0.29, 0.717) is 34.7 Å². The van der Waals surface area contributed by atoms with E-state index < -0.39 is 0 Å². The Morgan fingerprint density at radius 3 is 2.59 bits per heavy atom. The van der Waals surface area contributed by atoms with Crippen molar-refractivity contribution < 1.29 is 0 Å². The van der Waals surface area contributed by atoms with Gasteiger partial charge in [-0.3, -0.25) is 9.36 Å². The first-order valence-electron chi connectivity index (χ1n) is 11.0. The Labute approximate surface area is 172 Å². The Bertz CT molecular complexity index is 1020. The summed E-state index contributed by atoms with van der Waals surface area (Å²) in [6.07, 6.45) is 7.97. The minimum absolute atomic E-state index is 0.0399. The monoisotopic (exact) mass is 392 g/mol. The molecule has 2 aromatic heterocycles. The van der Waals surface area contributed by atoms with Crippen molar-refractivity contribution in [1.82, 2.24) is 19.3 Å². The fourth-order valence-corrected chi connectivity index (χ4v) is 4.97. The molecule has 4 atom stereocenters. The van der Waals surface area contributed by atoms with Gasteiger partial charge >= 0.3 is 0 Å². The Hall–Kier alpha value is -2.43. The van der Waals surface area contributed by atoms with Crippen molar-refractivity contribution in [1.29, 1.82) is 0 Å². The first-order valence-corrected chi connectivity index (χ1v) is 11.0. The number of nitrogens with zero attached hydrogens (tertiary/aromatic N) is 4. The molecule has 2 unspecified atom stereocenters. The molecule has 0 saturated heterocycles. The summed E-state index contributed by atoms with van der Waals surface area (Å²) in [5.74, 6) is 2.52. The first kappa shape index (κ1) is 19.9. The van der Waals surface area contributed by atoms with E-state index in [-0.39, 0.29) is 11.6 Å². The van der Waals surface area contributed by atoms with Crippen LogP contribution >= 0.6 is 0 Å². The lowest BCUT2D eigenvalue weighted by Crippen LogP contribution is -2.30. The predicted octanol–water partition coefficient (Wildman–Crippen LogP) is 5.24. The third-order valence-electron chi connectivity index (χ3n) is 6.75. The van der Waals surface area contributed by atoms with E-state index in [9.17, 15) is 4.79 Å². The second-order valence-electron chi connectivity index (χ2n) is 9.31. The molecule has 0 amide bonds. The van der Waals surface area contributed by atoms with Crippen molar-refractivity contribution in [3.63, 3.8) is 0 Å². The van der Waals surface area contributed by atoms with Crippen LogP contribution in [0.1, 0.15) is 59.4 Å². The lowest BCUT2D eigenvalue weighted by molar-refractivity contribution is 0.240. The number of para-hydroxylation sites is 1. The first-order chi connectivity index (χ1) is 14.0. The van der Waals surface area contributed by atoms with Crippen LogP contribution in [0.5, 0.6) is 0 Å². The summed E-state index contributed by atoms with van der Waals surface area (Å²) in [6.45, 7) is 9.29. The van der Waals surface area contributed by atoms with E-state index in [4.69, 9.17) is 4.98 Å². The zero-order valence-electron chi connectivity index (χ0n) is 18.0. The predicted molar refractivity (Wildman–Crippen MR) is 117 cm³/mol. The van der Waals surface area contributed by atoms with Gasteiger partial charge in [-0.05, 0) is 61.5 Å². The van der Waals surface area contributed by atoms with Gasteiger partial charge in [0.25, 0.3) is 5.56 Å². The molecule has 0 bridgehead atoms. The molecular weight excluding hydrogens is 360 g/mol. The number of hydrogen-bond donors (Lipinski definition) is 0. The van der Waals surface area contributed by atoms with Crippen LogP contribution in [0.15, 0.2) is 47.7 Å². The van der Waals surface area contributed by atoms with Gasteiger partial charge in [0.15, 0.2) is 5.65 Å². The normalized spacial score (nSPS) is 25.4. The van der Waals surface area contributed by atoms with Crippen LogP contribution in [0.4, 0.5) is 0 Å². The van der Waals surface area contributed by atoms with Crippen LogP contribution in [-0.4, -0.2) is 19.3 Å². The summed E-state index contributed by atoms with van der Waals surface area (Å²) in [7, 11) is 0. The van der Waals surface area contributed by atoms with Crippen molar-refractivity contribution >= 4 is 11.0 Å². The number of hydrogen-bond acceptors (Lipinski definition) is 3. The fraction of sp³-hybridized carbons (Fsp3) is 0.542. The highest BCUT2D eigenvalue weighted by Crippen LogP contribution is 2.40. The molecule has 0 N–H and O–H groups in total. The highest BCUT2D eigenvalue weighted by atomic mass is 16.1. The van der Waals surface area contributed by atoms with E-state index in [2.05, 4.69) is 32.8 Å². The smallest absolute Gasteiger partial charge is 0.264 e. The van der Waals surface area contributed by atoms with E-state index in [1.807, 2.05) is 34.9 Å². The van der Waals surface area contributed by atoms with Crippen LogP contribution in [0.25, 0.3) is 16.7 Å². The molecule has 4 rings (SSSR count). The van der Waals surface area contributed by atoms with Crippen LogP contribution < -0.4 is 5.56 Å². The van der Waals surface area contributed by atoms with E-state index in [1.54, 1.807) is 17.2 Å². The summed E-state index contributed by atoms with van der Waals surface area (Å²) in [5, 5.41) is 5.07. The topological polar surface area (TPSA) is 52.7 Å². The molecule has 2 heterocycles. The summed E-state index contributed by atoms with van der Waals surface area (Å²) in [5.41, 5.74) is 1.59. The average Bonchev–Trinajstić information content (AvgIpc) is 3.09. The van der Waals surface area contributed by atoms with Crippen molar-refractivity contribution in [2.75, 3.05) is 0 Å². The lowest BCUT2D eigenvalue weighted by Gasteiger charge is -2.29. The number of rotatable bonds is 4. The SMILES string of the molecule is CC(C)C[C@@H]1CC(C)[C@H](C)CCC1n1cnc2c(cnn2-c2ccccc2)c1=O. The largest absolute Gasteiger partial charge is 0.295 e. The molecule has 29 heavy (non-hydrogen) atoms. The standard InChI is InChI=1S/C24H32N4O/c1-16(2)12-19-13-18(4)17(3)10-11-22(19)27-15-25-23-21(24(27)29)14-26-28(23)20-8-6-5-7-9-20/h5-9,14-19,22H,10-13H2,1-4H3/t17-,18?,19-,22?/m1/s1. The molecule has 154 valence electrons. The minimum Gasteiger partial charge on any atom is -0.295 e. The second kappa shape index (κ2) is 8.13. The number of aromatic nitrogens is 4. The van der Waals surface area contributed by atoms with Gasteiger partial charge in [0, 0.05) is 6.04 Å². The summed E-state index contributed by atoms with van der Waals surface area (Å²) in [6, 6.07) is 10.1. The Morgan fingerprint density at radius 1 is 1.10 bits per heavy atom. The van der Waals surface area contributed by atoms with Crippen molar-refractivity contribution in [2.24, 2.45) is 23.7 Å². The molecule has 1 fully saturated rings. The summed E-state index contributed by atoms with van der Waals surface area (Å²) >= 11 is 0. The van der Waals surface area contributed by atoms with Gasteiger partial charge in [-0.25, -0.2) is 9.67 Å². The Kier molecular flexibility index (Phi) is 5.57. The average molecular weight is 393 g/mol. The maximum atomic E-state index is 13.4. The van der Waals surface area contributed by atoms with Gasteiger partial charge < -0.3 is 0 Å². The van der Waals surface area contributed by atoms with E-state index in [0.717, 1.165) is 24.9 Å². The van der Waals surface area contributed by atoms with Crippen LogP contribution in [0, 0.1) is 23.7 Å². The molecule has 5 nitrogen and oxygen atoms in total. The van der Waals surface area contributed by atoms with Gasteiger partial charge in [-0.2, -0.15) is 5.10 Å². The van der Waals surface area contributed by atoms with Crippen LogP contribution in [0.3, 0.4) is 0 Å². The third-order valence-corrected chi connectivity index (χ3v) is 6.75. The quantitative estimate of drug-likeness (QED) is 0.570. The molecule has 0 spiro atoms. The molecule has 1 aliphatic carbocycles. The zero-order chi connectivity index (χ0) is 20.5. The third kappa shape index (κ3) is 3.87. The highest BCUT2D eigenvalue weighted by Gasteiger charge is 2.32. The van der Waals surface area contributed by atoms with Crippen molar-refractivity contribution in [3.05, 3.63) is 53.2 Å². The highest BCUT2D eigenvalue weighted by molar-refractivity contribution is 5.74.